The van der Waals surface area contributed by atoms with E-state index in [-0.39, 0.29) is 11.5 Å². The number of aliphatic imine (C=N–C) groups is 1. The van der Waals surface area contributed by atoms with E-state index in [4.69, 9.17) is 20.2 Å². The second kappa shape index (κ2) is 9.25. The summed E-state index contributed by atoms with van der Waals surface area (Å²) in [6, 6.07) is 6.31. The Labute approximate surface area is 191 Å². The molecule has 4 rings (SSSR count). The van der Waals surface area contributed by atoms with Crippen molar-refractivity contribution in [1.82, 2.24) is 4.90 Å². The number of carbonyl (C=O) groups is 1. The number of carbonyl (C=O) groups excluding carboxylic acids is 1. The van der Waals surface area contributed by atoms with Crippen molar-refractivity contribution in [1.29, 1.82) is 0 Å². The van der Waals surface area contributed by atoms with Gasteiger partial charge in [0.05, 0.1) is 12.7 Å². The van der Waals surface area contributed by atoms with Crippen LogP contribution >= 0.6 is 0 Å². The Bertz CT molecular complexity index is 935. The highest BCUT2D eigenvalue weighted by Crippen LogP contribution is 2.59. The standard InChI is InChI=1S/C26H35N3O3/c1-29(14-15-31-2)24(27)28-26(18-30)23-16-20(7-6-19-4-5-19)8-9-21(23)17-25(26)12-10-22(32-3)11-13-25/h8-9,16,18-19,22H,4-5,10-15,17H2,1-3H3,(H2,27,28)/t22-,25-,26-/m1/s1. The van der Waals surface area contributed by atoms with Crippen molar-refractivity contribution in [2.75, 3.05) is 34.4 Å². The van der Waals surface area contributed by atoms with E-state index in [1.54, 1.807) is 14.2 Å². The number of likely N-dealkylation sites (N-methyl/N-ethyl adjacent to an activating group) is 1. The predicted molar refractivity (Wildman–Crippen MR) is 125 cm³/mol. The van der Waals surface area contributed by atoms with Crippen LogP contribution in [0.2, 0.25) is 0 Å². The largest absolute Gasteiger partial charge is 0.383 e. The summed E-state index contributed by atoms with van der Waals surface area (Å²) in [5, 5.41) is 0. The van der Waals surface area contributed by atoms with E-state index in [2.05, 4.69) is 30.0 Å². The molecule has 0 aliphatic heterocycles. The molecule has 0 aromatic heterocycles. The van der Waals surface area contributed by atoms with Crippen molar-refractivity contribution in [2.24, 2.45) is 22.1 Å². The zero-order chi connectivity index (χ0) is 22.8. The van der Waals surface area contributed by atoms with E-state index in [0.29, 0.717) is 25.0 Å². The van der Waals surface area contributed by atoms with Crippen LogP contribution in [0.25, 0.3) is 0 Å². The summed E-state index contributed by atoms with van der Waals surface area (Å²) in [5.41, 5.74) is 8.25. The highest BCUT2D eigenvalue weighted by molar-refractivity contribution is 5.84. The van der Waals surface area contributed by atoms with Crippen molar-refractivity contribution in [3.63, 3.8) is 0 Å². The third-order valence-corrected chi connectivity index (χ3v) is 7.56. The minimum absolute atomic E-state index is 0.236. The molecule has 0 bridgehead atoms. The molecule has 1 spiro atoms. The van der Waals surface area contributed by atoms with Crippen molar-refractivity contribution in [3.05, 3.63) is 34.9 Å². The number of methoxy groups -OCH3 is 2. The lowest BCUT2D eigenvalue weighted by Gasteiger charge is -2.45. The Balaban J connectivity index is 1.77. The van der Waals surface area contributed by atoms with E-state index >= 15 is 0 Å². The summed E-state index contributed by atoms with van der Waals surface area (Å²) < 4.78 is 10.8. The predicted octanol–water partition coefficient (Wildman–Crippen LogP) is 2.87. The number of benzene rings is 1. The Morgan fingerprint density at radius 2 is 2.03 bits per heavy atom. The summed E-state index contributed by atoms with van der Waals surface area (Å²) in [4.78, 5) is 19.9. The molecule has 2 fully saturated rings. The lowest BCUT2D eigenvalue weighted by atomic mass is 9.62. The number of nitrogens with zero attached hydrogens (tertiary/aromatic N) is 2. The minimum atomic E-state index is -1.01. The van der Waals surface area contributed by atoms with Crippen LogP contribution in [0, 0.1) is 23.2 Å². The molecule has 0 radical (unpaired) electrons. The summed E-state index contributed by atoms with van der Waals surface area (Å²) >= 11 is 0. The molecule has 1 aromatic rings. The fraction of sp³-hybridized carbons (Fsp3) is 0.615. The number of ether oxygens (including phenoxy) is 2. The quantitative estimate of drug-likeness (QED) is 0.321. The first-order valence-electron chi connectivity index (χ1n) is 11.7. The molecule has 3 aliphatic carbocycles. The fourth-order valence-corrected chi connectivity index (χ4v) is 5.30. The highest BCUT2D eigenvalue weighted by Gasteiger charge is 2.59. The second-order valence-electron chi connectivity index (χ2n) is 9.58. The number of hydrogen-bond donors (Lipinski definition) is 1. The van der Waals surface area contributed by atoms with Crippen molar-refractivity contribution >= 4 is 12.2 Å². The van der Waals surface area contributed by atoms with Crippen LogP contribution in [-0.2, 0) is 26.2 Å². The molecule has 3 aliphatic rings. The maximum atomic E-state index is 13.0. The van der Waals surface area contributed by atoms with Gasteiger partial charge in [-0.1, -0.05) is 17.9 Å². The first-order chi connectivity index (χ1) is 15.5. The first-order valence-corrected chi connectivity index (χ1v) is 11.7. The number of aldehydes is 1. The third-order valence-electron chi connectivity index (χ3n) is 7.56. The van der Waals surface area contributed by atoms with Crippen LogP contribution < -0.4 is 5.73 Å². The van der Waals surface area contributed by atoms with Gasteiger partial charge in [-0.05, 0) is 68.2 Å². The smallest absolute Gasteiger partial charge is 0.192 e. The van der Waals surface area contributed by atoms with Gasteiger partial charge in [-0.15, -0.1) is 0 Å². The summed E-state index contributed by atoms with van der Waals surface area (Å²) in [6.45, 7) is 1.15. The molecule has 6 nitrogen and oxygen atoms in total. The Morgan fingerprint density at radius 3 is 2.66 bits per heavy atom. The molecule has 0 amide bonds. The molecule has 6 heteroatoms. The number of guanidine groups is 1. The van der Waals surface area contributed by atoms with Gasteiger partial charge in [-0.2, -0.15) is 0 Å². The molecule has 0 heterocycles. The van der Waals surface area contributed by atoms with Gasteiger partial charge in [0.25, 0.3) is 0 Å². The summed E-state index contributed by atoms with van der Waals surface area (Å²) in [5.74, 6) is 7.55. The van der Waals surface area contributed by atoms with Crippen molar-refractivity contribution in [3.8, 4) is 11.8 Å². The number of nitrogens with two attached hydrogens (primary N) is 1. The van der Waals surface area contributed by atoms with E-state index in [1.807, 2.05) is 11.9 Å². The molecular formula is C26H35N3O3. The van der Waals surface area contributed by atoms with E-state index in [1.165, 1.54) is 18.4 Å². The van der Waals surface area contributed by atoms with E-state index < -0.39 is 5.54 Å². The number of hydrogen-bond acceptors (Lipinski definition) is 4. The Hall–Kier alpha value is -2.36. The third kappa shape index (κ3) is 4.16. The van der Waals surface area contributed by atoms with Gasteiger partial charge in [0, 0.05) is 44.7 Å². The van der Waals surface area contributed by atoms with Gasteiger partial charge in [0.2, 0.25) is 0 Å². The maximum Gasteiger partial charge on any atom is 0.192 e. The maximum absolute atomic E-state index is 13.0. The average molecular weight is 438 g/mol. The Morgan fingerprint density at radius 1 is 1.28 bits per heavy atom. The van der Waals surface area contributed by atoms with Crippen molar-refractivity contribution in [2.45, 2.75) is 56.6 Å². The molecule has 0 saturated heterocycles. The van der Waals surface area contributed by atoms with Crippen LogP contribution in [0.1, 0.15) is 55.2 Å². The molecular weight excluding hydrogens is 402 g/mol. The van der Waals surface area contributed by atoms with Gasteiger partial charge < -0.3 is 24.9 Å². The van der Waals surface area contributed by atoms with Crippen molar-refractivity contribution < 1.29 is 14.3 Å². The van der Waals surface area contributed by atoms with Crippen LogP contribution in [0.4, 0.5) is 0 Å². The zero-order valence-corrected chi connectivity index (χ0v) is 19.5. The fourth-order valence-electron chi connectivity index (χ4n) is 5.30. The number of rotatable bonds is 6. The van der Waals surface area contributed by atoms with Gasteiger partial charge in [0.1, 0.15) is 0 Å². The van der Waals surface area contributed by atoms with Crippen LogP contribution in [0.3, 0.4) is 0 Å². The Kier molecular flexibility index (Phi) is 6.60. The summed E-state index contributed by atoms with van der Waals surface area (Å²) in [7, 11) is 5.32. The molecule has 32 heavy (non-hydrogen) atoms. The second-order valence-corrected chi connectivity index (χ2v) is 9.58. The lowest BCUT2D eigenvalue weighted by Crippen LogP contribution is -2.49. The van der Waals surface area contributed by atoms with Crippen LogP contribution in [0.5, 0.6) is 0 Å². The van der Waals surface area contributed by atoms with Gasteiger partial charge in [-0.25, -0.2) is 4.99 Å². The lowest BCUT2D eigenvalue weighted by molar-refractivity contribution is -0.118. The average Bonchev–Trinajstić information content (AvgIpc) is 3.61. The SMILES string of the molecule is COCCN(C)/C(N)=N\[C@]1(C=O)c2cc(C#CC3CC3)ccc2C[C@]12CC[C@@H](OC)CC2. The number of fused-ring (bicyclic) bond motifs is 1. The molecule has 172 valence electrons. The molecule has 0 unspecified atom stereocenters. The van der Waals surface area contributed by atoms with Gasteiger partial charge in [-0.3, -0.25) is 0 Å². The zero-order valence-electron chi connectivity index (χ0n) is 19.5. The minimum Gasteiger partial charge on any atom is -0.383 e. The highest BCUT2D eigenvalue weighted by atomic mass is 16.5. The normalized spacial score (nSPS) is 29.3. The van der Waals surface area contributed by atoms with Crippen LogP contribution in [-0.4, -0.2) is 57.7 Å². The first kappa shape index (κ1) is 22.8. The van der Waals surface area contributed by atoms with Gasteiger partial charge in [0.15, 0.2) is 17.8 Å². The van der Waals surface area contributed by atoms with Crippen LogP contribution in [0.15, 0.2) is 23.2 Å². The van der Waals surface area contributed by atoms with Gasteiger partial charge >= 0.3 is 0 Å². The summed E-state index contributed by atoms with van der Waals surface area (Å²) in [6.07, 6.45) is 8.07. The monoisotopic (exact) mass is 437 g/mol. The topological polar surface area (TPSA) is 77.2 Å². The molecule has 1 atom stereocenters. The molecule has 2 saturated carbocycles. The molecule has 1 aromatic carbocycles. The van der Waals surface area contributed by atoms with E-state index in [0.717, 1.165) is 49.5 Å². The molecule has 2 N–H and O–H groups in total. The van der Waals surface area contributed by atoms with E-state index in [9.17, 15) is 4.79 Å².